The lowest BCUT2D eigenvalue weighted by atomic mass is 9.99. The zero-order chi connectivity index (χ0) is 15.8. The standard InChI is InChI=1S/C20H20N2O/c1-14-18(20(23)17-8-4-5-9-19(17)21-14)13-22-11-10-15-6-2-3-7-16(15)12-22/h2-9H,10-13H2,1H3,(H,21,23). The van der Waals surface area contributed by atoms with Crippen molar-refractivity contribution in [1.82, 2.24) is 9.88 Å². The summed E-state index contributed by atoms with van der Waals surface area (Å²) >= 11 is 0. The van der Waals surface area contributed by atoms with Gasteiger partial charge in [0.1, 0.15) is 0 Å². The fourth-order valence-corrected chi connectivity index (χ4v) is 3.50. The van der Waals surface area contributed by atoms with Gasteiger partial charge in [0.25, 0.3) is 0 Å². The number of nitrogens with zero attached hydrogens (tertiary/aromatic N) is 1. The summed E-state index contributed by atoms with van der Waals surface area (Å²) in [5.41, 5.74) is 5.77. The second kappa shape index (κ2) is 5.67. The third-order valence-corrected chi connectivity index (χ3v) is 4.81. The summed E-state index contributed by atoms with van der Waals surface area (Å²) in [6.45, 7) is 4.63. The minimum absolute atomic E-state index is 0.163. The number of para-hydroxylation sites is 1. The Bertz CT molecular complexity index is 926. The van der Waals surface area contributed by atoms with Crippen molar-refractivity contribution in [2.45, 2.75) is 26.4 Å². The molecule has 0 aliphatic carbocycles. The van der Waals surface area contributed by atoms with Crippen molar-refractivity contribution in [2.24, 2.45) is 0 Å². The maximum Gasteiger partial charge on any atom is 0.194 e. The lowest BCUT2D eigenvalue weighted by molar-refractivity contribution is 0.244. The molecule has 3 nitrogen and oxygen atoms in total. The van der Waals surface area contributed by atoms with Gasteiger partial charge in [-0.05, 0) is 36.6 Å². The van der Waals surface area contributed by atoms with Gasteiger partial charge in [0.05, 0.1) is 0 Å². The fourth-order valence-electron chi connectivity index (χ4n) is 3.50. The van der Waals surface area contributed by atoms with Crippen LogP contribution in [-0.2, 0) is 19.5 Å². The molecule has 0 amide bonds. The Morgan fingerprint density at radius 3 is 2.65 bits per heavy atom. The van der Waals surface area contributed by atoms with E-state index in [9.17, 15) is 4.79 Å². The average Bonchev–Trinajstić information content (AvgIpc) is 2.58. The molecule has 1 aromatic heterocycles. The summed E-state index contributed by atoms with van der Waals surface area (Å²) in [6.07, 6.45) is 1.06. The summed E-state index contributed by atoms with van der Waals surface area (Å²) in [5, 5.41) is 0.783. The minimum atomic E-state index is 0.163. The molecule has 0 atom stereocenters. The van der Waals surface area contributed by atoms with Crippen LogP contribution in [0.15, 0.2) is 53.3 Å². The molecule has 2 heterocycles. The maximum absolute atomic E-state index is 12.8. The summed E-state index contributed by atoms with van der Waals surface area (Å²) in [7, 11) is 0. The molecule has 3 heteroatoms. The van der Waals surface area contributed by atoms with Crippen LogP contribution in [0.5, 0.6) is 0 Å². The lowest BCUT2D eigenvalue weighted by Gasteiger charge is -2.29. The Morgan fingerprint density at radius 2 is 1.78 bits per heavy atom. The molecular weight excluding hydrogens is 284 g/mol. The van der Waals surface area contributed by atoms with E-state index < -0.39 is 0 Å². The predicted molar refractivity (Wildman–Crippen MR) is 93.6 cm³/mol. The zero-order valence-electron chi connectivity index (χ0n) is 13.3. The van der Waals surface area contributed by atoms with E-state index in [0.29, 0.717) is 6.54 Å². The molecule has 0 spiro atoms. The molecule has 0 saturated carbocycles. The van der Waals surface area contributed by atoms with Crippen molar-refractivity contribution in [2.75, 3.05) is 6.54 Å². The highest BCUT2D eigenvalue weighted by atomic mass is 16.1. The Hall–Kier alpha value is -2.39. The second-order valence-corrected chi connectivity index (χ2v) is 6.33. The van der Waals surface area contributed by atoms with Crippen LogP contribution in [0.3, 0.4) is 0 Å². The quantitative estimate of drug-likeness (QED) is 0.788. The molecule has 4 rings (SSSR count). The number of nitrogens with one attached hydrogen (secondary N) is 1. The zero-order valence-corrected chi connectivity index (χ0v) is 13.3. The number of hydrogen-bond acceptors (Lipinski definition) is 2. The number of H-pyrrole nitrogens is 1. The van der Waals surface area contributed by atoms with Crippen molar-refractivity contribution in [3.8, 4) is 0 Å². The summed E-state index contributed by atoms with van der Waals surface area (Å²) < 4.78 is 0. The molecule has 0 fully saturated rings. The molecule has 116 valence electrons. The number of fused-ring (bicyclic) bond motifs is 2. The number of pyridine rings is 1. The van der Waals surface area contributed by atoms with Crippen molar-refractivity contribution in [3.05, 3.63) is 81.1 Å². The molecule has 1 aliphatic rings. The first-order valence-corrected chi connectivity index (χ1v) is 8.12. The topological polar surface area (TPSA) is 36.1 Å². The van der Waals surface area contributed by atoms with Crippen LogP contribution in [0, 0.1) is 6.92 Å². The van der Waals surface area contributed by atoms with Gasteiger partial charge in [-0.3, -0.25) is 9.69 Å². The Labute approximate surface area is 135 Å². The van der Waals surface area contributed by atoms with E-state index in [1.807, 2.05) is 31.2 Å². The normalized spacial score (nSPS) is 14.8. The van der Waals surface area contributed by atoms with E-state index in [4.69, 9.17) is 0 Å². The molecule has 23 heavy (non-hydrogen) atoms. The van der Waals surface area contributed by atoms with E-state index in [1.165, 1.54) is 11.1 Å². The van der Waals surface area contributed by atoms with Crippen molar-refractivity contribution in [1.29, 1.82) is 0 Å². The van der Waals surface area contributed by atoms with Crippen molar-refractivity contribution >= 4 is 10.9 Å². The van der Waals surface area contributed by atoms with Gasteiger partial charge < -0.3 is 4.98 Å². The second-order valence-electron chi connectivity index (χ2n) is 6.33. The first-order valence-electron chi connectivity index (χ1n) is 8.12. The Kier molecular flexibility index (Phi) is 3.50. The number of hydrogen-bond donors (Lipinski definition) is 1. The molecule has 0 unspecified atom stereocenters. The van der Waals surface area contributed by atoms with Crippen molar-refractivity contribution < 1.29 is 0 Å². The van der Waals surface area contributed by atoms with Gasteiger partial charge in [0, 0.05) is 41.8 Å². The van der Waals surface area contributed by atoms with E-state index >= 15 is 0 Å². The van der Waals surface area contributed by atoms with Gasteiger partial charge in [-0.1, -0.05) is 36.4 Å². The average molecular weight is 304 g/mol. The highest BCUT2D eigenvalue weighted by Gasteiger charge is 2.18. The number of aromatic amines is 1. The van der Waals surface area contributed by atoms with Crippen LogP contribution >= 0.6 is 0 Å². The van der Waals surface area contributed by atoms with Gasteiger partial charge in [0.2, 0.25) is 0 Å². The van der Waals surface area contributed by atoms with Gasteiger partial charge >= 0.3 is 0 Å². The van der Waals surface area contributed by atoms with Crippen LogP contribution in [0.2, 0.25) is 0 Å². The van der Waals surface area contributed by atoms with E-state index in [1.54, 1.807) is 0 Å². The molecule has 1 N–H and O–H groups in total. The first kappa shape index (κ1) is 14.2. The number of aromatic nitrogens is 1. The van der Waals surface area contributed by atoms with Crippen LogP contribution in [-0.4, -0.2) is 16.4 Å². The van der Waals surface area contributed by atoms with Crippen LogP contribution < -0.4 is 5.43 Å². The first-order chi connectivity index (χ1) is 11.2. The lowest BCUT2D eigenvalue weighted by Crippen LogP contribution is -2.32. The van der Waals surface area contributed by atoms with E-state index in [-0.39, 0.29) is 5.43 Å². The third kappa shape index (κ3) is 2.57. The summed E-state index contributed by atoms with van der Waals surface area (Å²) in [4.78, 5) is 18.6. The summed E-state index contributed by atoms with van der Waals surface area (Å²) in [5.74, 6) is 0. The third-order valence-electron chi connectivity index (χ3n) is 4.81. The smallest absolute Gasteiger partial charge is 0.194 e. The largest absolute Gasteiger partial charge is 0.358 e. The monoisotopic (exact) mass is 304 g/mol. The molecule has 3 aromatic rings. The highest BCUT2D eigenvalue weighted by Crippen LogP contribution is 2.20. The van der Waals surface area contributed by atoms with Gasteiger partial charge in [-0.2, -0.15) is 0 Å². The SMILES string of the molecule is Cc1[nH]c2ccccc2c(=O)c1CN1CCc2ccccc2C1. The summed E-state index contributed by atoms with van der Waals surface area (Å²) in [6, 6.07) is 16.4. The predicted octanol–water partition coefficient (Wildman–Crippen LogP) is 3.39. The van der Waals surface area contributed by atoms with Gasteiger partial charge in [0.15, 0.2) is 5.43 Å². The van der Waals surface area contributed by atoms with Crippen molar-refractivity contribution in [3.63, 3.8) is 0 Å². The molecule has 0 saturated heterocycles. The molecule has 2 aromatic carbocycles. The molecular formula is C20H20N2O. The van der Waals surface area contributed by atoms with Crippen LogP contribution in [0.1, 0.15) is 22.4 Å². The van der Waals surface area contributed by atoms with Gasteiger partial charge in [-0.25, -0.2) is 0 Å². The molecule has 0 radical (unpaired) electrons. The number of rotatable bonds is 2. The molecule has 1 aliphatic heterocycles. The molecule has 0 bridgehead atoms. The highest BCUT2D eigenvalue weighted by molar-refractivity contribution is 5.79. The number of benzene rings is 2. The Morgan fingerprint density at radius 1 is 1.04 bits per heavy atom. The van der Waals surface area contributed by atoms with E-state index in [0.717, 1.165) is 41.7 Å². The fraction of sp³-hybridized carbons (Fsp3) is 0.250. The van der Waals surface area contributed by atoms with E-state index in [2.05, 4.69) is 34.1 Å². The van der Waals surface area contributed by atoms with Crippen LogP contribution in [0.25, 0.3) is 10.9 Å². The number of aryl methyl sites for hydroxylation is 1. The maximum atomic E-state index is 12.8. The van der Waals surface area contributed by atoms with Gasteiger partial charge in [-0.15, -0.1) is 0 Å². The minimum Gasteiger partial charge on any atom is -0.358 e. The Balaban J connectivity index is 1.68. The van der Waals surface area contributed by atoms with Crippen LogP contribution in [0.4, 0.5) is 0 Å².